The highest BCUT2D eigenvalue weighted by Gasteiger charge is 2.07. The Bertz CT molecular complexity index is 945. The highest BCUT2D eigenvalue weighted by molar-refractivity contribution is 7.80. The second kappa shape index (κ2) is 9.08. The monoisotopic (exact) mass is 420 g/mol. The van der Waals surface area contributed by atoms with Gasteiger partial charge in [0.25, 0.3) is 0 Å². The molecule has 3 rings (SSSR count). The number of nitrogens with zero attached hydrogens (tertiary/aromatic N) is 2. The fourth-order valence-electron chi connectivity index (χ4n) is 2.47. The summed E-state index contributed by atoms with van der Waals surface area (Å²) in [6.45, 7) is 3.05. The van der Waals surface area contributed by atoms with Crippen LogP contribution in [0.15, 0.2) is 54.9 Å². The lowest BCUT2D eigenvalue weighted by molar-refractivity contribution is 0.342. The van der Waals surface area contributed by atoms with Gasteiger partial charge in [0.1, 0.15) is 5.75 Å². The molecule has 8 heteroatoms. The van der Waals surface area contributed by atoms with Gasteiger partial charge < -0.3 is 15.4 Å². The summed E-state index contributed by atoms with van der Waals surface area (Å²) in [4.78, 5) is 0. The third kappa shape index (κ3) is 5.35. The van der Waals surface area contributed by atoms with Crippen LogP contribution in [0.4, 0.5) is 11.4 Å². The summed E-state index contributed by atoms with van der Waals surface area (Å²) in [5.41, 5.74) is 2.51. The predicted octanol–water partition coefficient (Wildman–Crippen LogP) is 5.45. The minimum absolute atomic E-state index is 0.450. The van der Waals surface area contributed by atoms with Crippen molar-refractivity contribution in [3.63, 3.8) is 0 Å². The predicted molar refractivity (Wildman–Crippen MR) is 115 cm³/mol. The topological polar surface area (TPSA) is 51.1 Å². The fraction of sp³-hybridized carbons (Fsp3) is 0.158. The molecule has 27 heavy (non-hydrogen) atoms. The van der Waals surface area contributed by atoms with Crippen LogP contribution in [0.25, 0.3) is 0 Å². The van der Waals surface area contributed by atoms with E-state index in [1.54, 1.807) is 23.0 Å². The number of nitrogens with one attached hydrogen (secondary N) is 2. The van der Waals surface area contributed by atoms with Crippen molar-refractivity contribution in [2.24, 2.45) is 0 Å². The standard InChI is InChI=1S/C19H18Cl2N4OS/c1-2-26-18-6-4-3-5-17(18)24-19(27)23-15-10-22-25(12-15)11-13-7-8-14(20)9-16(13)21/h3-10,12H,2,11H2,1H3,(H2,23,24,27). The van der Waals surface area contributed by atoms with Crippen molar-refractivity contribution in [2.75, 3.05) is 17.2 Å². The van der Waals surface area contributed by atoms with Crippen LogP contribution < -0.4 is 15.4 Å². The highest BCUT2D eigenvalue weighted by atomic mass is 35.5. The first-order chi connectivity index (χ1) is 13.0. The Morgan fingerprint density at radius 3 is 2.78 bits per heavy atom. The lowest BCUT2D eigenvalue weighted by Crippen LogP contribution is -2.19. The fourth-order valence-corrected chi connectivity index (χ4v) is 3.17. The normalized spacial score (nSPS) is 10.5. The summed E-state index contributed by atoms with van der Waals surface area (Å²) < 4.78 is 7.36. The first kappa shape index (κ1) is 19.5. The van der Waals surface area contributed by atoms with E-state index in [1.807, 2.05) is 43.5 Å². The largest absolute Gasteiger partial charge is 0.492 e. The molecule has 0 fully saturated rings. The molecule has 1 heterocycles. The molecule has 1 aromatic heterocycles. The summed E-state index contributed by atoms with van der Waals surface area (Å²) in [5, 5.41) is 12.3. The second-order valence-corrected chi connectivity index (χ2v) is 6.92. The van der Waals surface area contributed by atoms with E-state index in [2.05, 4.69) is 15.7 Å². The molecule has 0 atom stereocenters. The summed E-state index contributed by atoms with van der Waals surface area (Å²) >= 11 is 17.5. The summed E-state index contributed by atoms with van der Waals surface area (Å²) in [6.07, 6.45) is 3.56. The maximum absolute atomic E-state index is 6.22. The minimum Gasteiger partial charge on any atom is -0.492 e. The van der Waals surface area contributed by atoms with E-state index in [9.17, 15) is 0 Å². The van der Waals surface area contributed by atoms with Gasteiger partial charge in [-0.2, -0.15) is 5.10 Å². The molecular weight excluding hydrogens is 403 g/mol. The van der Waals surface area contributed by atoms with Crippen molar-refractivity contribution in [3.05, 3.63) is 70.5 Å². The zero-order chi connectivity index (χ0) is 19.2. The van der Waals surface area contributed by atoms with E-state index in [-0.39, 0.29) is 0 Å². The van der Waals surface area contributed by atoms with E-state index in [4.69, 9.17) is 40.2 Å². The molecule has 0 aliphatic rings. The molecule has 0 unspecified atom stereocenters. The van der Waals surface area contributed by atoms with Crippen molar-refractivity contribution in [1.82, 2.24) is 9.78 Å². The van der Waals surface area contributed by atoms with E-state index in [0.29, 0.717) is 28.3 Å². The molecule has 0 saturated heterocycles. The molecule has 0 bridgehead atoms. The SMILES string of the molecule is CCOc1ccccc1NC(=S)Nc1cnn(Cc2ccc(Cl)cc2Cl)c1. The van der Waals surface area contributed by atoms with E-state index in [0.717, 1.165) is 22.7 Å². The Morgan fingerprint density at radius 1 is 1.19 bits per heavy atom. The third-order valence-electron chi connectivity index (χ3n) is 3.67. The van der Waals surface area contributed by atoms with Crippen molar-refractivity contribution < 1.29 is 4.74 Å². The molecular formula is C19H18Cl2N4OS. The molecule has 2 aromatic carbocycles. The number of anilines is 2. The van der Waals surface area contributed by atoms with E-state index >= 15 is 0 Å². The van der Waals surface area contributed by atoms with Crippen LogP contribution in [-0.4, -0.2) is 21.5 Å². The van der Waals surface area contributed by atoms with Gasteiger partial charge in [-0.3, -0.25) is 4.68 Å². The van der Waals surface area contributed by atoms with Crippen molar-refractivity contribution in [3.8, 4) is 5.75 Å². The van der Waals surface area contributed by atoms with Gasteiger partial charge >= 0.3 is 0 Å². The summed E-state index contributed by atoms with van der Waals surface area (Å²) in [5.74, 6) is 0.747. The van der Waals surface area contributed by atoms with Crippen LogP contribution in [0.3, 0.4) is 0 Å². The molecule has 0 aliphatic carbocycles. The molecule has 140 valence electrons. The average Bonchev–Trinajstić information content (AvgIpc) is 3.06. The number of para-hydroxylation sites is 2. The van der Waals surface area contributed by atoms with Crippen LogP contribution in [0.2, 0.25) is 10.0 Å². The maximum atomic E-state index is 6.22. The molecule has 0 aliphatic heterocycles. The van der Waals surface area contributed by atoms with Crippen LogP contribution in [0.1, 0.15) is 12.5 Å². The summed E-state index contributed by atoms with van der Waals surface area (Å²) in [6, 6.07) is 13.0. The molecule has 0 amide bonds. The molecule has 2 N–H and O–H groups in total. The van der Waals surface area contributed by atoms with Gasteiger partial charge in [0.05, 0.1) is 30.7 Å². The Hall–Kier alpha value is -2.28. The quantitative estimate of drug-likeness (QED) is 0.519. The summed E-state index contributed by atoms with van der Waals surface area (Å²) in [7, 11) is 0. The van der Waals surface area contributed by atoms with Gasteiger partial charge in [-0.15, -0.1) is 0 Å². The van der Waals surface area contributed by atoms with Gasteiger partial charge in [0.15, 0.2) is 5.11 Å². The van der Waals surface area contributed by atoms with Gasteiger partial charge in [-0.05, 0) is 49.0 Å². The van der Waals surface area contributed by atoms with Crippen LogP contribution >= 0.6 is 35.4 Å². The molecule has 0 radical (unpaired) electrons. The molecule has 0 saturated carbocycles. The van der Waals surface area contributed by atoms with Gasteiger partial charge in [-0.25, -0.2) is 0 Å². The zero-order valence-electron chi connectivity index (χ0n) is 14.6. The number of thiocarbonyl (C=S) groups is 1. The van der Waals surface area contributed by atoms with E-state index in [1.165, 1.54) is 0 Å². The number of hydrogen-bond acceptors (Lipinski definition) is 3. The smallest absolute Gasteiger partial charge is 0.175 e. The Balaban J connectivity index is 1.63. The molecule has 3 aromatic rings. The zero-order valence-corrected chi connectivity index (χ0v) is 16.9. The van der Waals surface area contributed by atoms with Crippen LogP contribution in [-0.2, 0) is 6.54 Å². The van der Waals surface area contributed by atoms with Gasteiger partial charge in [-0.1, -0.05) is 41.4 Å². The lowest BCUT2D eigenvalue weighted by Gasteiger charge is -2.13. The number of rotatable bonds is 6. The number of ether oxygens (including phenoxy) is 1. The molecule has 0 spiro atoms. The Kier molecular flexibility index (Phi) is 6.55. The Labute approximate surface area is 173 Å². The maximum Gasteiger partial charge on any atom is 0.175 e. The van der Waals surface area contributed by atoms with Crippen molar-refractivity contribution in [1.29, 1.82) is 0 Å². The number of aromatic nitrogens is 2. The van der Waals surface area contributed by atoms with Gasteiger partial charge in [0, 0.05) is 16.2 Å². The van der Waals surface area contributed by atoms with Gasteiger partial charge in [0.2, 0.25) is 0 Å². The number of hydrogen-bond donors (Lipinski definition) is 2. The number of benzene rings is 2. The second-order valence-electron chi connectivity index (χ2n) is 5.67. The minimum atomic E-state index is 0.450. The van der Waals surface area contributed by atoms with E-state index < -0.39 is 0 Å². The molecule has 5 nitrogen and oxygen atoms in total. The lowest BCUT2D eigenvalue weighted by atomic mass is 10.2. The van der Waals surface area contributed by atoms with Crippen LogP contribution in [0.5, 0.6) is 5.75 Å². The average molecular weight is 421 g/mol. The first-order valence-corrected chi connectivity index (χ1v) is 9.48. The first-order valence-electron chi connectivity index (χ1n) is 8.31. The number of halogens is 2. The van der Waals surface area contributed by atoms with Crippen molar-refractivity contribution in [2.45, 2.75) is 13.5 Å². The van der Waals surface area contributed by atoms with Crippen LogP contribution in [0, 0.1) is 0 Å². The van der Waals surface area contributed by atoms with Crippen molar-refractivity contribution >= 4 is 51.9 Å². The highest BCUT2D eigenvalue weighted by Crippen LogP contribution is 2.24. The third-order valence-corrected chi connectivity index (χ3v) is 4.46. The Morgan fingerprint density at radius 2 is 2.00 bits per heavy atom.